The van der Waals surface area contributed by atoms with Crippen molar-refractivity contribution in [1.29, 1.82) is 0 Å². The quantitative estimate of drug-likeness (QED) is 0.899. The maximum absolute atomic E-state index is 11.7. The highest BCUT2D eigenvalue weighted by atomic mass is 35.5. The molecule has 0 aliphatic carbocycles. The van der Waals surface area contributed by atoms with Crippen molar-refractivity contribution in [3.8, 4) is 0 Å². The summed E-state index contributed by atoms with van der Waals surface area (Å²) >= 11 is 12.3. The highest BCUT2D eigenvalue weighted by Gasteiger charge is 2.43. The first kappa shape index (κ1) is 15.6. The number of hydrogen-bond acceptors (Lipinski definition) is 2. The van der Waals surface area contributed by atoms with E-state index in [-0.39, 0.29) is 6.04 Å². The minimum atomic E-state index is -0.844. The fourth-order valence-corrected chi connectivity index (χ4v) is 3.45. The molecule has 1 saturated heterocycles. The Morgan fingerprint density at radius 3 is 2.75 bits per heavy atom. The van der Waals surface area contributed by atoms with E-state index in [0.717, 1.165) is 24.9 Å². The van der Waals surface area contributed by atoms with Crippen LogP contribution in [0.4, 0.5) is 0 Å². The molecule has 1 heterocycles. The van der Waals surface area contributed by atoms with E-state index in [0.29, 0.717) is 16.5 Å². The lowest BCUT2D eigenvalue weighted by Crippen LogP contribution is -2.55. The molecule has 0 aromatic heterocycles. The van der Waals surface area contributed by atoms with Gasteiger partial charge in [0, 0.05) is 16.1 Å². The van der Waals surface area contributed by atoms with Crippen LogP contribution >= 0.6 is 23.2 Å². The van der Waals surface area contributed by atoms with E-state index in [1.54, 1.807) is 19.1 Å². The number of aliphatic carboxylic acids is 1. The van der Waals surface area contributed by atoms with Crippen LogP contribution in [0.5, 0.6) is 0 Å². The summed E-state index contributed by atoms with van der Waals surface area (Å²) in [4.78, 5) is 13.7. The van der Waals surface area contributed by atoms with Gasteiger partial charge in [-0.15, -0.1) is 0 Å². The molecule has 0 spiro atoms. The molecule has 0 saturated carbocycles. The fourth-order valence-electron chi connectivity index (χ4n) is 3.00. The molecular weight excluding hydrogens is 297 g/mol. The minimum Gasteiger partial charge on any atom is -0.480 e. The summed E-state index contributed by atoms with van der Waals surface area (Å²) in [5.74, 6) is -0.776. The van der Waals surface area contributed by atoms with E-state index in [9.17, 15) is 9.90 Å². The number of rotatable bonds is 3. The molecule has 2 atom stereocenters. The van der Waals surface area contributed by atoms with E-state index in [1.165, 1.54) is 0 Å². The number of halogens is 2. The van der Waals surface area contributed by atoms with Crippen molar-refractivity contribution in [1.82, 2.24) is 4.90 Å². The second-order valence-corrected chi connectivity index (χ2v) is 6.41. The van der Waals surface area contributed by atoms with Gasteiger partial charge in [-0.05, 0) is 63.4 Å². The molecule has 1 aliphatic heterocycles. The van der Waals surface area contributed by atoms with Crippen LogP contribution in [0.25, 0.3) is 0 Å². The van der Waals surface area contributed by atoms with Gasteiger partial charge in [0.1, 0.15) is 5.54 Å². The molecule has 1 fully saturated rings. The maximum atomic E-state index is 11.7. The molecule has 20 heavy (non-hydrogen) atoms. The zero-order valence-corrected chi connectivity index (χ0v) is 13.2. The minimum absolute atomic E-state index is 0.0809. The summed E-state index contributed by atoms with van der Waals surface area (Å²) in [6, 6.07) is 5.25. The first-order valence-corrected chi connectivity index (χ1v) is 7.57. The molecule has 5 heteroatoms. The second kappa shape index (κ2) is 5.92. The summed E-state index contributed by atoms with van der Waals surface area (Å²) in [6.07, 6.45) is 2.60. The Balaban J connectivity index is 2.37. The number of carbonyl (C=O) groups is 1. The summed E-state index contributed by atoms with van der Waals surface area (Å²) < 4.78 is 0. The van der Waals surface area contributed by atoms with E-state index >= 15 is 0 Å². The van der Waals surface area contributed by atoms with Gasteiger partial charge >= 0.3 is 5.97 Å². The van der Waals surface area contributed by atoms with Gasteiger partial charge in [-0.2, -0.15) is 0 Å². The predicted molar refractivity (Wildman–Crippen MR) is 81.5 cm³/mol. The molecular formula is C15H19Cl2NO2. The molecule has 2 unspecified atom stereocenters. The molecule has 110 valence electrons. The Morgan fingerprint density at radius 2 is 2.10 bits per heavy atom. The van der Waals surface area contributed by atoms with Crippen LogP contribution in [0.3, 0.4) is 0 Å². The summed E-state index contributed by atoms with van der Waals surface area (Å²) in [5.41, 5.74) is 0.0390. The predicted octanol–water partition coefficient (Wildman–Crippen LogP) is 4.38. The van der Waals surface area contributed by atoms with Crippen molar-refractivity contribution in [2.45, 2.75) is 44.7 Å². The molecule has 0 bridgehead atoms. The normalized spacial score (nSPS) is 25.4. The Kier molecular flexibility index (Phi) is 4.62. The fraction of sp³-hybridized carbons (Fsp3) is 0.533. The number of likely N-dealkylation sites (tertiary alicyclic amines) is 1. The molecule has 2 rings (SSSR count). The van der Waals surface area contributed by atoms with Gasteiger partial charge in [0.25, 0.3) is 0 Å². The summed E-state index contributed by atoms with van der Waals surface area (Å²) in [6.45, 7) is 4.54. The van der Waals surface area contributed by atoms with Crippen LogP contribution in [0, 0.1) is 0 Å². The van der Waals surface area contributed by atoms with E-state index in [2.05, 4.69) is 0 Å². The highest BCUT2D eigenvalue weighted by Crippen LogP contribution is 2.38. The van der Waals surface area contributed by atoms with Crippen LogP contribution in [0.2, 0.25) is 10.0 Å². The van der Waals surface area contributed by atoms with Crippen LogP contribution < -0.4 is 0 Å². The van der Waals surface area contributed by atoms with Gasteiger partial charge < -0.3 is 5.11 Å². The lowest BCUT2D eigenvalue weighted by Gasteiger charge is -2.45. The van der Waals surface area contributed by atoms with Gasteiger partial charge in [0.2, 0.25) is 0 Å². The van der Waals surface area contributed by atoms with E-state index in [4.69, 9.17) is 23.2 Å². The van der Waals surface area contributed by atoms with Crippen molar-refractivity contribution in [2.24, 2.45) is 0 Å². The number of piperidine rings is 1. The molecule has 1 aromatic rings. The van der Waals surface area contributed by atoms with Crippen LogP contribution in [-0.4, -0.2) is 28.1 Å². The second-order valence-electron chi connectivity index (χ2n) is 5.57. The number of nitrogens with zero attached hydrogens (tertiary/aromatic N) is 1. The first-order chi connectivity index (χ1) is 9.36. The van der Waals surface area contributed by atoms with Crippen molar-refractivity contribution >= 4 is 29.2 Å². The van der Waals surface area contributed by atoms with Crippen molar-refractivity contribution < 1.29 is 9.90 Å². The number of carboxylic acids is 1. The Labute approximate surface area is 129 Å². The zero-order chi connectivity index (χ0) is 14.9. The average Bonchev–Trinajstić information content (AvgIpc) is 2.41. The summed E-state index contributed by atoms with van der Waals surface area (Å²) in [5, 5.41) is 10.8. The smallest absolute Gasteiger partial charge is 0.323 e. The Hall–Kier alpha value is -0.770. The topological polar surface area (TPSA) is 40.5 Å². The monoisotopic (exact) mass is 315 g/mol. The van der Waals surface area contributed by atoms with Gasteiger partial charge in [-0.3, -0.25) is 9.69 Å². The molecule has 0 radical (unpaired) electrons. The van der Waals surface area contributed by atoms with Gasteiger partial charge in [-0.25, -0.2) is 0 Å². The number of carboxylic acid groups (broad SMARTS) is 1. The van der Waals surface area contributed by atoms with Crippen LogP contribution in [-0.2, 0) is 4.79 Å². The lowest BCUT2D eigenvalue weighted by atomic mass is 9.86. The first-order valence-electron chi connectivity index (χ1n) is 6.81. The number of hydrogen-bond donors (Lipinski definition) is 1. The molecule has 0 amide bonds. The Morgan fingerprint density at radius 1 is 1.40 bits per heavy atom. The van der Waals surface area contributed by atoms with Gasteiger partial charge in [0.15, 0.2) is 0 Å². The van der Waals surface area contributed by atoms with Gasteiger partial charge in [-0.1, -0.05) is 23.2 Å². The molecule has 1 aromatic carbocycles. The standard InChI is InChI=1S/C15H19Cl2NO2/c1-10(12-9-11(16)5-6-13(12)17)18-8-4-3-7-15(18,2)14(19)20/h5-6,9-10H,3-4,7-8H2,1-2H3,(H,19,20). The zero-order valence-electron chi connectivity index (χ0n) is 11.7. The number of benzene rings is 1. The summed E-state index contributed by atoms with van der Waals surface area (Å²) in [7, 11) is 0. The third-order valence-corrected chi connectivity index (χ3v) is 4.86. The third kappa shape index (κ3) is 2.80. The SMILES string of the molecule is CC(c1cc(Cl)ccc1Cl)N1CCCCC1(C)C(=O)O. The van der Waals surface area contributed by atoms with E-state index in [1.807, 2.05) is 17.9 Å². The largest absolute Gasteiger partial charge is 0.480 e. The maximum Gasteiger partial charge on any atom is 0.323 e. The average molecular weight is 316 g/mol. The van der Waals surface area contributed by atoms with Crippen LogP contribution in [0.15, 0.2) is 18.2 Å². The highest BCUT2D eigenvalue weighted by molar-refractivity contribution is 6.33. The lowest BCUT2D eigenvalue weighted by molar-refractivity contribution is -0.155. The van der Waals surface area contributed by atoms with Crippen LogP contribution in [0.1, 0.15) is 44.7 Å². The molecule has 1 aliphatic rings. The Bertz CT molecular complexity index is 521. The third-order valence-electron chi connectivity index (χ3n) is 4.28. The van der Waals surface area contributed by atoms with Crippen molar-refractivity contribution in [3.63, 3.8) is 0 Å². The molecule has 1 N–H and O–H groups in total. The van der Waals surface area contributed by atoms with Crippen molar-refractivity contribution in [2.75, 3.05) is 6.54 Å². The van der Waals surface area contributed by atoms with E-state index < -0.39 is 11.5 Å². The van der Waals surface area contributed by atoms with Gasteiger partial charge in [0.05, 0.1) is 0 Å². The van der Waals surface area contributed by atoms with Crippen molar-refractivity contribution in [3.05, 3.63) is 33.8 Å². The molecule has 3 nitrogen and oxygen atoms in total.